The summed E-state index contributed by atoms with van der Waals surface area (Å²) in [5.41, 5.74) is 4.42. The SMILES string of the molecule is Cc1cc(C(F)(F)F)nc(-c2ccnc3cc(CN4C(=O)C5C(C4=O)C5(C)C)sc23)c1C(=O)N1CC[C@H](NC(N)=O)C1. The molecule has 220 valence electrons. The molecule has 0 aromatic carbocycles. The highest BCUT2D eigenvalue weighted by Crippen LogP contribution is 2.63. The lowest BCUT2D eigenvalue weighted by Crippen LogP contribution is -2.41. The van der Waals surface area contributed by atoms with Gasteiger partial charge >= 0.3 is 12.2 Å². The maximum atomic E-state index is 13.9. The number of amides is 5. The molecule has 42 heavy (non-hydrogen) atoms. The molecule has 0 radical (unpaired) electrons. The van der Waals surface area contributed by atoms with Gasteiger partial charge in [-0.2, -0.15) is 13.2 Å². The van der Waals surface area contributed by atoms with Crippen molar-refractivity contribution in [2.45, 2.75) is 46.0 Å². The Morgan fingerprint density at radius 1 is 1.19 bits per heavy atom. The Morgan fingerprint density at radius 3 is 2.52 bits per heavy atom. The number of alkyl halides is 3. The van der Waals surface area contributed by atoms with Crippen LogP contribution in [0.5, 0.6) is 0 Å². The van der Waals surface area contributed by atoms with Crippen LogP contribution >= 0.6 is 11.3 Å². The molecule has 1 aliphatic carbocycles. The van der Waals surface area contributed by atoms with Crippen LogP contribution in [0.1, 0.15) is 46.8 Å². The minimum atomic E-state index is -4.76. The highest BCUT2D eigenvalue weighted by atomic mass is 32.1. The number of fused-ring (bicyclic) bond motifs is 2. The number of rotatable bonds is 5. The van der Waals surface area contributed by atoms with Crippen molar-refractivity contribution >= 4 is 45.3 Å². The molecule has 2 saturated heterocycles. The first kappa shape index (κ1) is 28.1. The summed E-state index contributed by atoms with van der Waals surface area (Å²) in [6, 6.07) is 2.95. The van der Waals surface area contributed by atoms with Crippen LogP contribution in [-0.4, -0.2) is 62.7 Å². The highest BCUT2D eigenvalue weighted by molar-refractivity contribution is 7.19. The Hall–Kier alpha value is -4.07. The Kier molecular flexibility index (Phi) is 6.33. The van der Waals surface area contributed by atoms with Crippen LogP contribution in [0.2, 0.25) is 0 Å². The van der Waals surface area contributed by atoms with Crippen LogP contribution in [0.3, 0.4) is 0 Å². The maximum absolute atomic E-state index is 13.9. The third-order valence-electron chi connectivity index (χ3n) is 8.47. The first-order chi connectivity index (χ1) is 19.7. The molecule has 2 unspecified atom stereocenters. The lowest BCUT2D eigenvalue weighted by molar-refractivity contribution is -0.144. The summed E-state index contributed by atoms with van der Waals surface area (Å²) >= 11 is 1.19. The van der Waals surface area contributed by atoms with Crippen molar-refractivity contribution in [3.63, 3.8) is 0 Å². The number of aryl methyl sites for hydroxylation is 1. The molecule has 2 aliphatic heterocycles. The smallest absolute Gasteiger partial charge is 0.352 e. The van der Waals surface area contributed by atoms with E-state index in [0.29, 0.717) is 21.5 Å². The molecule has 3 aliphatic rings. The van der Waals surface area contributed by atoms with E-state index < -0.39 is 23.8 Å². The summed E-state index contributed by atoms with van der Waals surface area (Å²) in [7, 11) is 0. The summed E-state index contributed by atoms with van der Waals surface area (Å²) in [4.78, 5) is 62.4. The summed E-state index contributed by atoms with van der Waals surface area (Å²) in [5.74, 6) is -1.63. The Balaban J connectivity index is 1.39. The van der Waals surface area contributed by atoms with Gasteiger partial charge < -0.3 is 16.0 Å². The number of pyridine rings is 2. The van der Waals surface area contributed by atoms with Crippen LogP contribution < -0.4 is 11.1 Å². The topological polar surface area (TPSA) is 139 Å². The minimum Gasteiger partial charge on any atom is -0.352 e. The van der Waals surface area contributed by atoms with Crippen molar-refractivity contribution in [1.29, 1.82) is 0 Å². The van der Waals surface area contributed by atoms with Crippen molar-refractivity contribution < 1.29 is 32.3 Å². The van der Waals surface area contributed by atoms with Crippen molar-refractivity contribution in [2.75, 3.05) is 13.1 Å². The fourth-order valence-electron chi connectivity index (χ4n) is 6.27. The molecule has 5 heterocycles. The molecule has 5 amide bonds. The van der Waals surface area contributed by atoms with E-state index in [0.717, 1.165) is 6.07 Å². The molecular formula is C28H27F3N6O4S. The zero-order valence-electron chi connectivity index (χ0n) is 22.9. The average molecular weight is 601 g/mol. The number of primary amides is 1. The largest absolute Gasteiger partial charge is 0.433 e. The van der Waals surface area contributed by atoms with Gasteiger partial charge in [0.25, 0.3) is 5.91 Å². The normalized spacial score (nSPS) is 23.0. The minimum absolute atomic E-state index is 0.0115. The number of nitrogens with zero attached hydrogens (tertiary/aromatic N) is 4. The zero-order valence-corrected chi connectivity index (χ0v) is 23.7. The fraction of sp³-hybridized carbons (Fsp3) is 0.429. The number of aromatic nitrogens is 2. The van der Waals surface area contributed by atoms with Crippen LogP contribution in [0, 0.1) is 24.2 Å². The predicted octanol–water partition coefficient (Wildman–Crippen LogP) is 3.71. The second-order valence-corrected chi connectivity index (χ2v) is 12.8. The van der Waals surface area contributed by atoms with Gasteiger partial charge in [-0.25, -0.2) is 9.78 Å². The first-order valence-electron chi connectivity index (χ1n) is 13.4. The number of imide groups is 1. The quantitative estimate of drug-likeness (QED) is 0.428. The van der Waals surface area contributed by atoms with Gasteiger partial charge in [-0.3, -0.25) is 24.3 Å². The molecule has 3 aromatic heterocycles. The van der Waals surface area contributed by atoms with Crippen molar-refractivity contribution in [1.82, 2.24) is 25.1 Å². The van der Waals surface area contributed by atoms with E-state index >= 15 is 0 Å². The first-order valence-corrected chi connectivity index (χ1v) is 14.2. The molecular weight excluding hydrogens is 573 g/mol. The number of carbonyl (C=O) groups is 4. The molecule has 14 heteroatoms. The van der Waals surface area contributed by atoms with Crippen molar-refractivity contribution in [3.05, 3.63) is 46.1 Å². The van der Waals surface area contributed by atoms with Gasteiger partial charge in [0, 0.05) is 35.8 Å². The van der Waals surface area contributed by atoms with E-state index in [4.69, 9.17) is 5.73 Å². The van der Waals surface area contributed by atoms with Crippen molar-refractivity contribution in [2.24, 2.45) is 23.0 Å². The molecule has 3 aromatic rings. The molecule has 1 saturated carbocycles. The lowest BCUT2D eigenvalue weighted by Gasteiger charge is -2.21. The van der Waals surface area contributed by atoms with Crippen molar-refractivity contribution in [3.8, 4) is 11.3 Å². The third-order valence-corrected chi connectivity index (χ3v) is 9.61. The molecule has 3 atom stereocenters. The van der Waals surface area contributed by atoms with Gasteiger partial charge in [-0.05, 0) is 42.5 Å². The number of piperidine rings is 1. The molecule has 0 spiro atoms. The van der Waals surface area contributed by atoms with E-state index in [9.17, 15) is 32.3 Å². The van der Waals surface area contributed by atoms with Gasteiger partial charge in [-0.15, -0.1) is 11.3 Å². The number of carbonyl (C=O) groups excluding carboxylic acids is 4. The summed E-state index contributed by atoms with van der Waals surface area (Å²) in [5, 5.41) is 2.56. The van der Waals surface area contributed by atoms with Gasteiger partial charge in [0.15, 0.2) is 0 Å². The summed E-state index contributed by atoms with van der Waals surface area (Å²) in [6.45, 7) is 5.67. The maximum Gasteiger partial charge on any atom is 0.433 e. The average Bonchev–Trinajstić information content (AvgIpc) is 3.30. The number of nitrogens with two attached hydrogens (primary N) is 1. The summed E-state index contributed by atoms with van der Waals surface area (Å²) < 4.78 is 42.1. The van der Waals surface area contributed by atoms with Gasteiger partial charge in [0.1, 0.15) is 5.69 Å². The molecule has 6 rings (SSSR count). The van der Waals surface area contributed by atoms with Crippen LogP contribution in [0.4, 0.5) is 18.0 Å². The highest BCUT2D eigenvalue weighted by Gasteiger charge is 2.72. The third kappa shape index (κ3) is 4.48. The van der Waals surface area contributed by atoms with E-state index in [-0.39, 0.29) is 77.1 Å². The number of likely N-dealkylation sites (tertiary alicyclic amines) is 2. The van der Waals surface area contributed by atoms with Gasteiger partial charge in [0.2, 0.25) is 11.8 Å². The molecule has 3 N–H and O–H groups in total. The zero-order chi connectivity index (χ0) is 30.3. The second kappa shape index (κ2) is 9.48. The number of thiophene rings is 1. The Morgan fingerprint density at radius 2 is 1.88 bits per heavy atom. The number of nitrogens with one attached hydrogen (secondary N) is 1. The lowest BCUT2D eigenvalue weighted by atomic mass is 9.99. The molecule has 10 nitrogen and oxygen atoms in total. The van der Waals surface area contributed by atoms with E-state index in [1.165, 1.54) is 40.3 Å². The second-order valence-electron chi connectivity index (χ2n) is 11.6. The monoisotopic (exact) mass is 600 g/mol. The molecule has 0 bridgehead atoms. The van der Waals surface area contributed by atoms with Gasteiger partial charge in [-0.1, -0.05) is 13.8 Å². The van der Waals surface area contributed by atoms with Crippen LogP contribution in [0.15, 0.2) is 24.4 Å². The summed E-state index contributed by atoms with van der Waals surface area (Å²) in [6.07, 6.45) is -2.90. The Bertz CT molecular complexity index is 1660. The standard InChI is InChI=1S/C28H27F3N6O4S/c1-12-8-17(28(29,30)31)35-21(18(12)23(38)36-7-5-13(10-36)34-26(32)41)15-4-6-33-16-9-14(42-22(15)16)11-37-24(39)19-20(25(37)40)27(19,2)3/h4,6,8-9,13,19-20H,5,7,10-11H2,1-3H3,(H3,32,34,41)/t13-,19?,20?/m0/s1. The number of halogens is 3. The van der Waals surface area contributed by atoms with Crippen LogP contribution in [-0.2, 0) is 22.3 Å². The number of hydrogen-bond donors (Lipinski definition) is 2. The molecule has 3 fully saturated rings. The van der Waals surface area contributed by atoms with E-state index in [1.807, 2.05) is 13.8 Å². The number of hydrogen-bond acceptors (Lipinski definition) is 7. The van der Waals surface area contributed by atoms with E-state index in [2.05, 4.69) is 15.3 Å². The van der Waals surface area contributed by atoms with Crippen LogP contribution in [0.25, 0.3) is 21.5 Å². The Labute approximate surface area is 242 Å². The van der Waals surface area contributed by atoms with E-state index in [1.54, 1.807) is 6.07 Å². The van der Waals surface area contributed by atoms with Gasteiger partial charge in [0.05, 0.1) is 39.9 Å². The number of urea groups is 1. The predicted molar refractivity (Wildman–Crippen MR) is 146 cm³/mol. The fourth-order valence-corrected chi connectivity index (χ4v) is 7.39.